The molecule has 20 heavy (non-hydrogen) atoms. The smallest absolute Gasteiger partial charge is 0.0551 e. The van der Waals surface area contributed by atoms with Gasteiger partial charge in [0.05, 0.1) is 5.02 Å². The van der Waals surface area contributed by atoms with Gasteiger partial charge in [-0.1, -0.05) is 49.7 Å². The molecule has 0 N–H and O–H groups in total. The number of hydrogen-bond donors (Lipinski definition) is 0. The first-order valence-corrected chi connectivity index (χ1v) is 8.93. The van der Waals surface area contributed by atoms with E-state index in [1.165, 1.54) is 21.6 Å². The summed E-state index contributed by atoms with van der Waals surface area (Å²) in [6.45, 7) is 4.59. The summed E-state index contributed by atoms with van der Waals surface area (Å²) < 4.78 is 1.06. The zero-order valence-electron chi connectivity index (χ0n) is 11.5. The van der Waals surface area contributed by atoms with Crippen LogP contribution in [0, 0.1) is 5.92 Å². The zero-order valence-corrected chi connectivity index (χ0v) is 14.6. The van der Waals surface area contributed by atoms with E-state index in [0.29, 0.717) is 11.8 Å². The Morgan fingerprint density at radius 2 is 1.90 bits per heavy atom. The fourth-order valence-electron chi connectivity index (χ4n) is 2.95. The summed E-state index contributed by atoms with van der Waals surface area (Å²) in [6.07, 6.45) is 0. The Labute approximate surface area is 138 Å². The molecule has 0 radical (unpaired) electrons. The van der Waals surface area contributed by atoms with Gasteiger partial charge in [-0.05, 0) is 50.7 Å². The van der Waals surface area contributed by atoms with Gasteiger partial charge in [0.2, 0.25) is 0 Å². The van der Waals surface area contributed by atoms with Gasteiger partial charge in [-0.15, -0.1) is 11.8 Å². The largest absolute Gasteiger partial charge is 0.121 e. The summed E-state index contributed by atoms with van der Waals surface area (Å²) >= 11 is 11.9. The zero-order chi connectivity index (χ0) is 14.3. The highest BCUT2D eigenvalue weighted by Gasteiger charge is 2.27. The molecule has 0 aromatic heterocycles. The predicted octanol–water partition coefficient (Wildman–Crippen LogP) is 6.50. The molecule has 1 atom stereocenters. The average molecular weight is 368 g/mol. The normalized spacial score (nSPS) is 17.6. The Morgan fingerprint density at radius 1 is 1.15 bits per heavy atom. The summed E-state index contributed by atoms with van der Waals surface area (Å²) in [5.41, 5.74) is 4.20. The minimum atomic E-state index is 0.435. The van der Waals surface area contributed by atoms with Gasteiger partial charge in [-0.2, -0.15) is 0 Å². The lowest BCUT2D eigenvalue weighted by atomic mass is 9.81. The third-order valence-corrected chi connectivity index (χ3v) is 6.42. The second kappa shape index (κ2) is 5.75. The molecule has 3 rings (SSSR count). The van der Waals surface area contributed by atoms with Crippen molar-refractivity contribution in [2.45, 2.75) is 30.4 Å². The van der Waals surface area contributed by atoms with Crippen LogP contribution < -0.4 is 0 Å². The Bertz CT molecular complexity index is 651. The van der Waals surface area contributed by atoms with E-state index in [0.717, 1.165) is 15.2 Å². The third kappa shape index (κ3) is 2.43. The summed E-state index contributed by atoms with van der Waals surface area (Å²) in [6, 6.07) is 13.0. The Morgan fingerprint density at radius 3 is 2.65 bits per heavy atom. The van der Waals surface area contributed by atoms with Crippen LogP contribution in [0.15, 0.2) is 45.8 Å². The molecule has 0 spiro atoms. The van der Waals surface area contributed by atoms with Gasteiger partial charge in [0.25, 0.3) is 0 Å². The van der Waals surface area contributed by atoms with E-state index in [1.54, 1.807) is 0 Å². The van der Waals surface area contributed by atoms with Crippen LogP contribution in [0.25, 0.3) is 0 Å². The van der Waals surface area contributed by atoms with Crippen molar-refractivity contribution >= 4 is 39.3 Å². The van der Waals surface area contributed by atoms with Crippen LogP contribution in [-0.4, -0.2) is 0 Å². The van der Waals surface area contributed by atoms with E-state index in [1.807, 2.05) is 17.8 Å². The maximum atomic E-state index is 6.28. The van der Waals surface area contributed by atoms with E-state index >= 15 is 0 Å². The third-order valence-electron chi connectivity index (χ3n) is 3.86. The molecule has 1 aliphatic rings. The van der Waals surface area contributed by atoms with Crippen LogP contribution in [0.2, 0.25) is 5.02 Å². The van der Waals surface area contributed by atoms with Crippen molar-refractivity contribution < 1.29 is 0 Å². The van der Waals surface area contributed by atoms with E-state index in [2.05, 4.69) is 60.1 Å². The Balaban J connectivity index is 2.25. The maximum absolute atomic E-state index is 6.28. The van der Waals surface area contributed by atoms with Crippen LogP contribution in [0.5, 0.6) is 0 Å². The van der Waals surface area contributed by atoms with Gasteiger partial charge in [-0.25, -0.2) is 0 Å². The molecule has 104 valence electrons. The standard InChI is InChI=1S/C17H16BrClS/c1-10(2)16-11-7-8-14(19)17(18)13(11)9-20-15-6-4-3-5-12(15)16/h3-8,10,16H,9H2,1-2H3. The SMILES string of the molecule is CC(C)C1c2ccccc2SCc2c1ccc(Cl)c2Br. The monoisotopic (exact) mass is 366 g/mol. The summed E-state index contributed by atoms with van der Waals surface area (Å²) in [5, 5.41) is 0.804. The molecule has 1 heterocycles. The molecule has 1 aliphatic heterocycles. The number of hydrogen-bond acceptors (Lipinski definition) is 1. The van der Waals surface area contributed by atoms with Crippen LogP contribution >= 0.6 is 39.3 Å². The van der Waals surface area contributed by atoms with Crippen molar-refractivity contribution in [1.29, 1.82) is 0 Å². The number of halogens is 2. The van der Waals surface area contributed by atoms with Crippen molar-refractivity contribution in [2.24, 2.45) is 5.92 Å². The van der Waals surface area contributed by atoms with E-state index < -0.39 is 0 Å². The molecule has 0 aliphatic carbocycles. The number of fused-ring (bicyclic) bond motifs is 2. The van der Waals surface area contributed by atoms with Crippen molar-refractivity contribution in [3.8, 4) is 0 Å². The molecule has 0 saturated heterocycles. The fraction of sp³-hybridized carbons (Fsp3) is 0.294. The van der Waals surface area contributed by atoms with Crippen molar-refractivity contribution in [2.75, 3.05) is 0 Å². The molecule has 0 fully saturated rings. The molecular formula is C17H16BrClS. The maximum Gasteiger partial charge on any atom is 0.0551 e. The summed E-state index contributed by atoms with van der Waals surface area (Å²) in [5.74, 6) is 1.96. The van der Waals surface area contributed by atoms with Gasteiger partial charge in [0.15, 0.2) is 0 Å². The van der Waals surface area contributed by atoms with E-state index in [-0.39, 0.29) is 0 Å². The number of thioether (sulfide) groups is 1. The van der Waals surface area contributed by atoms with Crippen molar-refractivity contribution in [3.05, 3.63) is 62.6 Å². The lowest BCUT2D eigenvalue weighted by Gasteiger charge is -2.24. The van der Waals surface area contributed by atoms with Crippen LogP contribution in [0.1, 0.15) is 36.5 Å². The van der Waals surface area contributed by atoms with Gasteiger partial charge in [0.1, 0.15) is 0 Å². The highest BCUT2D eigenvalue weighted by molar-refractivity contribution is 9.10. The topological polar surface area (TPSA) is 0 Å². The molecule has 2 aromatic carbocycles. The molecular weight excluding hydrogens is 352 g/mol. The first kappa shape index (κ1) is 14.5. The highest BCUT2D eigenvalue weighted by Crippen LogP contribution is 2.46. The average Bonchev–Trinajstić information content (AvgIpc) is 2.60. The lowest BCUT2D eigenvalue weighted by Crippen LogP contribution is -2.10. The second-order valence-electron chi connectivity index (χ2n) is 5.48. The molecule has 3 heteroatoms. The van der Waals surface area contributed by atoms with Crippen molar-refractivity contribution in [3.63, 3.8) is 0 Å². The molecule has 2 aromatic rings. The fourth-order valence-corrected chi connectivity index (χ4v) is 4.96. The van der Waals surface area contributed by atoms with Crippen molar-refractivity contribution in [1.82, 2.24) is 0 Å². The quantitative estimate of drug-likeness (QED) is 0.554. The predicted molar refractivity (Wildman–Crippen MR) is 91.8 cm³/mol. The molecule has 0 nitrogen and oxygen atoms in total. The van der Waals surface area contributed by atoms with Gasteiger partial charge >= 0.3 is 0 Å². The number of benzene rings is 2. The van der Waals surface area contributed by atoms with E-state index in [4.69, 9.17) is 11.6 Å². The highest BCUT2D eigenvalue weighted by atomic mass is 79.9. The van der Waals surface area contributed by atoms with Gasteiger partial charge in [-0.3, -0.25) is 0 Å². The van der Waals surface area contributed by atoms with Crippen LogP contribution in [0.4, 0.5) is 0 Å². The lowest BCUT2D eigenvalue weighted by molar-refractivity contribution is 0.556. The molecule has 1 unspecified atom stereocenters. The summed E-state index contributed by atoms with van der Waals surface area (Å²) in [4.78, 5) is 1.39. The number of rotatable bonds is 1. The minimum absolute atomic E-state index is 0.435. The Hall–Kier alpha value is -0.440. The molecule has 0 bridgehead atoms. The first-order chi connectivity index (χ1) is 9.59. The second-order valence-corrected chi connectivity index (χ2v) is 7.69. The van der Waals surface area contributed by atoms with Gasteiger partial charge in [0, 0.05) is 21.0 Å². The van der Waals surface area contributed by atoms with E-state index in [9.17, 15) is 0 Å². The molecule has 0 saturated carbocycles. The first-order valence-electron chi connectivity index (χ1n) is 6.78. The van der Waals surface area contributed by atoms with Crippen LogP contribution in [0.3, 0.4) is 0 Å². The van der Waals surface area contributed by atoms with Gasteiger partial charge < -0.3 is 0 Å². The Kier molecular flexibility index (Phi) is 4.16. The summed E-state index contributed by atoms with van der Waals surface area (Å²) in [7, 11) is 0. The molecule has 0 amide bonds. The minimum Gasteiger partial charge on any atom is -0.121 e. The van der Waals surface area contributed by atoms with Crippen LogP contribution in [-0.2, 0) is 5.75 Å².